The van der Waals surface area contributed by atoms with Gasteiger partial charge in [0, 0.05) is 25.9 Å². The first-order valence-electron chi connectivity index (χ1n) is 15.0. The Morgan fingerprint density at radius 3 is 2.40 bits per heavy atom. The lowest BCUT2D eigenvalue weighted by Crippen LogP contribution is -2.51. The molecule has 1 aliphatic heterocycles. The molecule has 1 fully saturated rings. The number of hydrogen-bond donors (Lipinski definition) is 0. The maximum atomic E-state index is 13.5. The van der Waals surface area contributed by atoms with E-state index in [9.17, 15) is 14.4 Å². The van der Waals surface area contributed by atoms with E-state index in [0.717, 1.165) is 6.04 Å². The fourth-order valence-corrected chi connectivity index (χ4v) is 7.68. The van der Waals surface area contributed by atoms with E-state index in [-0.39, 0.29) is 30.0 Å². The lowest BCUT2D eigenvalue weighted by molar-refractivity contribution is -0.149. The van der Waals surface area contributed by atoms with Gasteiger partial charge in [0.2, 0.25) is 0 Å². The minimum Gasteiger partial charge on any atom is -0.464 e. The highest BCUT2D eigenvalue weighted by atomic mass is 79.9. The molecule has 0 unspecified atom stereocenters. The number of ether oxygens (including phenoxy) is 4. The zero-order valence-corrected chi connectivity index (χ0v) is 32.4. The number of esters is 1. The van der Waals surface area contributed by atoms with Crippen LogP contribution in [0.4, 0.5) is 4.79 Å². The summed E-state index contributed by atoms with van der Waals surface area (Å²) in [6.07, 6.45) is -1.17. The number of carbonyl (C=O) groups is 3. The molecule has 252 valence electrons. The molecule has 0 spiro atoms. The van der Waals surface area contributed by atoms with Gasteiger partial charge in [-0.15, -0.1) is 22.7 Å². The molecule has 45 heavy (non-hydrogen) atoms. The summed E-state index contributed by atoms with van der Waals surface area (Å²) in [5, 5.41) is 4.50. The third-order valence-corrected chi connectivity index (χ3v) is 11.2. The summed E-state index contributed by atoms with van der Waals surface area (Å²) in [5.41, 5.74) is -1.09. The van der Waals surface area contributed by atoms with Gasteiger partial charge < -0.3 is 23.8 Å². The molecule has 0 radical (unpaired) electrons. The van der Waals surface area contributed by atoms with Gasteiger partial charge in [0.25, 0.3) is 5.91 Å². The third-order valence-electron chi connectivity index (χ3n) is 7.05. The van der Waals surface area contributed by atoms with Gasteiger partial charge in [-0.1, -0.05) is 33.5 Å². The van der Waals surface area contributed by atoms with Crippen LogP contribution in [0.5, 0.6) is 0 Å². The fraction of sp³-hybridized carbons (Fsp3) is 0.700. The number of likely N-dealkylation sites (N-methyl/N-ethyl adjacent to an activating group) is 1. The molecule has 0 aromatic carbocycles. The summed E-state index contributed by atoms with van der Waals surface area (Å²) in [4.78, 5) is 51.9. The van der Waals surface area contributed by atoms with Crippen molar-refractivity contribution in [2.45, 2.75) is 110 Å². The van der Waals surface area contributed by atoms with E-state index in [4.69, 9.17) is 18.9 Å². The monoisotopic (exact) mass is 746 g/mol. The molecule has 1 aliphatic rings. The van der Waals surface area contributed by atoms with Gasteiger partial charge in [0.05, 0.1) is 31.6 Å². The van der Waals surface area contributed by atoms with Crippen LogP contribution in [0.3, 0.4) is 0 Å². The van der Waals surface area contributed by atoms with E-state index < -0.39 is 49.7 Å². The van der Waals surface area contributed by atoms with Crippen LogP contribution in [0.15, 0.2) is 15.4 Å². The molecule has 2 aromatic heterocycles. The molecule has 0 aliphatic carbocycles. The standard InChI is InChI=1S/C30H47BrN4O7S2Si/c1-18(2)22(27(37)39-12-13-45(9,10)11)34(8)26(36)25-32-19(16-43-25)14-40-23(24-33-21(31)17-44-24)20-15-41-30(6,7)35(20)28(38)42-29(3,4)5/h16-18,20,22-23H,12-15H2,1-11H3/t20-,22+,23+/m1/s1. The number of thiazole rings is 2. The number of halogens is 1. The van der Waals surface area contributed by atoms with Crippen LogP contribution in [0.2, 0.25) is 25.7 Å². The molecule has 2 amide bonds. The van der Waals surface area contributed by atoms with Crippen molar-refractivity contribution in [1.29, 1.82) is 0 Å². The second-order valence-corrected chi connectivity index (χ2v) is 22.3. The second-order valence-electron chi connectivity index (χ2n) is 14.1. The maximum Gasteiger partial charge on any atom is 0.413 e. The van der Waals surface area contributed by atoms with Crippen LogP contribution in [0.25, 0.3) is 0 Å². The Bertz CT molecular complexity index is 1340. The lowest BCUT2D eigenvalue weighted by Gasteiger charge is -2.37. The van der Waals surface area contributed by atoms with Crippen molar-refractivity contribution in [3.05, 3.63) is 31.1 Å². The predicted octanol–water partition coefficient (Wildman–Crippen LogP) is 6.97. The largest absolute Gasteiger partial charge is 0.464 e. The summed E-state index contributed by atoms with van der Waals surface area (Å²) in [7, 11) is 0.232. The van der Waals surface area contributed by atoms with Crippen molar-refractivity contribution in [3.63, 3.8) is 0 Å². The molecule has 0 saturated carbocycles. The first kappa shape index (κ1) is 37.5. The Morgan fingerprint density at radius 1 is 1.18 bits per heavy atom. The molecule has 2 aromatic rings. The number of nitrogens with zero attached hydrogens (tertiary/aromatic N) is 4. The van der Waals surface area contributed by atoms with Crippen LogP contribution in [-0.4, -0.2) is 89.5 Å². The Balaban J connectivity index is 1.77. The molecule has 15 heteroatoms. The number of aromatic nitrogens is 2. The number of hydrogen-bond acceptors (Lipinski definition) is 11. The zero-order valence-electron chi connectivity index (χ0n) is 28.1. The van der Waals surface area contributed by atoms with Crippen molar-refractivity contribution < 1.29 is 33.3 Å². The molecule has 3 rings (SSSR count). The molecular formula is C30H47BrN4O7S2Si. The average molecular weight is 748 g/mol. The average Bonchev–Trinajstić information content (AvgIpc) is 3.60. The van der Waals surface area contributed by atoms with Crippen LogP contribution in [0, 0.1) is 5.92 Å². The van der Waals surface area contributed by atoms with Crippen molar-refractivity contribution in [2.24, 2.45) is 5.92 Å². The Morgan fingerprint density at radius 2 is 1.84 bits per heavy atom. The summed E-state index contributed by atoms with van der Waals surface area (Å²) in [5.74, 6) is -0.923. The summed E-state index contributed by atoms with van der Waals surface area (Å²) in [6, 6.07) is -0.409. The van der Waals surface area contributed by atoms with E-state index >= 15 is 0 Å². The predicted molar refractivity (Wildman–Crippen MR) is 181 cm³/mol. The number of rotatable bonds is 12. The molecule has 0 N–H and O–H groups in total. The highest BCUT2D eigenvalue weighted by Crippen LogP contribution is 2.39. The maximum absolute atomic E-state index is 13.5. The van der Waals surface area contributed by atoms with Gasteiger partial charge in [0.15, 0.2) is 5.01 Å². The lowest BCUT2D eigenvalue weighted by atomic mass is 10.0. The summed E-state index contributed by atoms with van der Waals surface area (Å²) >= 11 is 6.00. The molecule has 0 bridgehead atoms. The molecule has 11 nitrogen and oxygen atoms in total. The van der Waals surface area contributed by atoms with Crippen LogP contribution >= 0.6 is 38.6 Å². The van der Waals surface area contributed by atoms with Gasteiger partial charge in [-0.2, -0.15) is 0 Å². The Hall–Kier alpha value is -1.91. The van der Waals surface area contributed by atoms with E-state index in [0.29, 0.717) is 21.9 Å². The van der Waals surface area contributed by atoms with Crippen molar-refractivity contribution in [2.75, 3.05) is 20.3 Å². The van der Waals surface area contributed by atoms with Gasteiger partial charge in [-0.3, -0.25) is 9.69 Å². The smallest absolute Gasteiger partial charge is 0.413 e. The van der Waals surface area contributed by atoms with Gasteiger partial charge in [-0.25, -0.2) is 19.6 Å². The number of carbonyl (C=O) groups excluding carboxylic acids is 3. The van der Waals surface area contributed by atoms with Crippen LogP contribution in [-0.2, 0) is 30.3 Å². The summed E-state index contributed by atoms with van der Waals surface area (Å²) in [6.45, 7) is 20.1. The second kappa shape index (κ2) is 14.9. The molecule has 1 saturated heterocycles. The van der Waals surface area contributed by atoms with E-state index in [1.54, 1.807) is 17.3 Å². The highest BCUT2D eigenvalue weighted by molar-refractivity contribution is 9.10. The van der Waals surface area contributed by atoms with Gasteiger partial charge in [0.1, 0.15) is 33.1 Å². The quantitative estimate of drug-likeness (QED) is 0.168. The van der Waals surface area contributed by atoms with Crippen molar-refractivity contribution >= 4 is 64.6 Å². The van der Waals surface area contributed by atoms with E-state index in [1.807, 2.05) is 53.8 Å². The molecule has 3 heterocycles. The van der Waals surface area contributed by atoms with Crippen LogP contribution in [0.1, 0.15) is 75.1 Å². The van der Waals surface area contributed by atoms with E-state index in [1.165, 1.54) is 27.6 Å². The van der Waals surface area contributed by atoms with Crippen LogP contribution < -0.4 is 0 Å². The topological polar surface area (TPSA) is 120 Å². The zero-order chi connectivity index (χ0) is 33.9. The molecular weight excluding hydrogens is 700 g/mol. The highest BCUT2D eigenvalue weighted by Gasteiger charge is 2.50. The normalized spacial score (nSPS) is 18.2. The van der Waals surface area contributed by atoms with Crippen molar-refractivity contribution in [1.82, 2.24) is 19.8 Å². The first-order chi connectivity index (χ1) is 20.7. The molecule has 3 atom stereocenters. The number of amides is 2. The fourth-order valence-electron chi connectivity index (χ4n) is 4.81. The first-order valence-corrected chi connectivity index (χ1v) is 21.2. The van der Waals surface area contributed by atoms with Gasteiger partial charge >= 0.3 is 12.1 Å². The third kappa shape index (κ3) is 10.3. The van der Waals surface area contributed by atoms with Gasteiger partial charge in [-0.05, 0) is 62.5 Å². The minimum absolute atomic E-state index is 0.0563. The minimum atomic E-state index is -1.37. The van der Waals surface area contributed by atoms with E-state index in [2.05, 4.69) is 45.5 Å². The van der Waals surface area contributed by atoms with Crippen molar-refractivity contribution in [3.8, 4) is 0 Å². The summed E-state index contributed by atoms with van der Waals surface area (Å²) < 4.78 is 24.4. The Labute approximate surface area is 284 Å². The Kier molecular flexibility index (Phi) is 12.4. The SMILES string of the molecule is CC(C)[C@@H](C(=O)OCC[Si](C)(C)C)N(C)C(=O)c1nc(CO[C@H](c2nc(Br)cs2)[C@H]2COC(C)(C)N2C(=O)OC(C)(C)C)cs1.